The summed E-state index contributed by atoms with van der Waals surface area (Å²) >= 11 is 0. The van der Waals surface area contributed by atoms with Crippen LogP contribution in [0.15, 0.2) is 36.4 Å². The first-order valence-corrected chi connectivity index (χ1v) is 13.0. The molecule has 1 aliphatic rings. The average molecular weight is 443 g/mol. The lowest BCUT2D eigenvalue weighted by Gasteiger charge is -2.31. The Morgan fingerprint density at radius 1 is 1.06 bits per heavy atom. The predicted octanol–water partition coefficient (Wildman–Crippen LogP) is 4.60. The number of nitrogens with zero attached hydrogens (tertiary/aromatic N) is 1. The molecule has 1 amide bonds. The van der Waals surface area contributed by atoms with Crippen LogP contribution in [0, 0.1) is 13.8 Å². The third kappa shape index (κ3) is 5.29. The molecule has 0 spiro atoms. The van der Waals surface area contributed by atoms with E-state index in [1.165, 1.54) is 28.3 Å². The van der Waals surface area contributed by atoms with Gasteiger partial charge in [0.2, 0.25) is 15.9 Å². The fourth-order valence-electron chi connectivity index (χ4n) is 4.42. The van der Waals surface area contributed by atoms with Gasteiger partial charge in [-0.3, -0.25) is 9.10 Å². The molecule has 0 saturated carbocycles. The molecule has 2 aromatic rings. The number of aryl methyl sites for hydroxylation is 4. The number of benzene rings is 2. The smallest absolute Gasteiger partial charge is 0.244 e. The number of hydrogen-bond acceptors (Lipinski definition) is 3. The maximum Gasteiger partial charge on any atom is 0.244 e. The Balaban J connectivity index is 1.86. The van der Waals surface area contributed by atoms with Crippen molar-refractivity contribution in [3.63, 3.8) is 0 Å². The first-order chi connectivity index (χ1) is 14.6. The predicted molar refractivity (Wildman–Crippen MR) is 127 cm³/mol. The van der Waals surface area contributed by atoms with Crippen LogP contribution in [0.2, 0.25) is 0 Å². The topological polar surface area (TPSA) is 66.5 Å². The zero-order valence-electron chi connectivity index (χ0n) is 19.2. The van der Waals surface area contributed by atoms with Gasteiger partial charge in [-0.25, -0.2) is 8.42 Å². The van der Waals surface area contributed by atoms with Crippen molar-refractivity contribution in [1.29, 1.82) is 0 Å². The van der Waals surface area contributed by atoms with Crippen molar-refractivity contribution in [2.75, 3.05) is 10.6 Å². The van der Waals surface area contributed by atoms with Crippen LogP contribution in [-0.2, 0) is 27.7 Å². The van der Waals surface area contributed by atoms with E-state index in [4.69, 9.17) is 0 Å². The van der Waals surface area contributed by atoms with Crippen LogP contribution in [0.25, 0.3) is 0 Å². The molecule has 0 bridgehead atoms. The Bertz CT molecular complexity index is 1060. The summed E-state index contributed by atoms with van der Waals surface area (Å²) in [5, 5.41) is 3.10. The van der Waals surface area contributed by atoms with Crippen molar-refractivity contribution in [3.05, 3.63) is 64.2 Å². The Morgan fingerprint density at radius 2 is 1.74 bits per heavy atom. The fraction of sp³-hybridized carbons (Fsp3) is 0.480. The molecule has 0 unspecified atom stereocenters. The highest BCUT2D eigenvalue weighted by molar-refractivity contribution is 7.92. The number of hydrogen-bond donors (Lipinski definition) is 1. The highest BCUT2D eigenvalue weighted by atomic mass is 32.2. The van der Waals surface area contributed by atoms with Crippen molar-refractivity contribution in [1.82, 2.24) is 5.32 Å². The largest absolute Gasteiger partial charge is 0.347 e. The molecule has 1 N–H and O–H groups in total. The van der Waals surface area contributed by atoms with Crippen LogP contribution >= 0.6 is 0 Å². The number of anilines is 1. The number of nitrogens with one attached hydrogen (secondary N) is 1. The van der Waals surface area contributed by atoms with Gasteiger partial charge in [-0.05, 0) is 86.8 Å². The van der Waals surface area contributed by atoms with Gasteiger partial charge in [0.25, 0.3) is 0 Å². The van der Waals surface area contributed by atoms with Crippen LogP contribution in [0.5, 0.6) is 0 Å². The second kappa shape index (κ2) is 9.43. The number of carbonyl (C=O) groups excluding carboxylic acids is 1. The van der Waals surface area contributed by atoms with E-state index in [1.807, 2.05) is 39.0 Å². The van der Waals surface area contributed by atoms with Gasteiger partial charge < -0.3 is 5.32 Å². The van der Waals surface area contributed by atoms with Crippen molar-refractivity contribution in [2.24, 2.45) is 0 Å². The molecule has 0 radical (unpaired) electrons. The van der Waals surface area contributed by atoms with Crippen molar-refractivity contribution in [3.8, 4) is 0 Å². The molecule has 168 valence electrons. The summed E-state index contributed by atoms with van der Waals surface area (Å²) in [7, 11) is -3.65. The van der Waals surface area contributed by atoms with E-state index in [2.05, 4.69) is 23.5 Å². The molecule has 2 aromatic carbocycles. The van der Waals surface area contributed by atoms with Crippen molar-refractivity contribution < 1.29 is 13.2 Å². The zero-order valence-corrected chi connectivity index (χ0v) is 20.1. The molecule has 5 nitrogen and oxygen atoms in total. The maximum absolute atomic E-state index is 13.2. The van der Waals surface area contributed by atoms with Crippen LogP contribution in [0.1, 0.15) is 67.0 Å². The SMILES string of the molecule is CC[C@H](NC(=O)[C@H](C)N(c1cc(C)ccc1C)S(C)(=O)=O)c1ccc2c(c1)CCCC2. The van der Waals surface area contributed by atoms with E-state index in [0.717, 1.165) is 42.2 Å². The second-order valence-corrected chi connectivity index (χ2v) is 10.6. The number of fused-ring (bicyclic) bond motifs is 1. The maximum atomic E-state index is 13.2. The van der Waals surface area contributed by atoms with Gasteiger partial charge in [0.05, 0.1) is 18.0 Å². The summed E-state index contributed by atoms with van der Waals surface area (Å²) in [6, 6.07) is 11.1. The summed E-state index contributed by atoms with van der Waals surface area (Å²) in [6.45, 7) is 7.46. The van der Waals surface area contributed by atoms with Gasteiger partial charge in [0.1, 0.15) is 6.04 Å². The Morgan fingerprint density at radius 3 is 2.39 bits per heavy atom. The van der Waals surface area contributed by atoms with E-state index in [1.54, 1.807) is 6.92 Å². The molecule has 0 fully saturated rings. The highest BCUT2D eigenvalue weighted by Crippen LogP contribution is 2.28. The highest BCUT2D eigenvalue weighted by Gasteiger charge is 2.31. The van der Waals surface area contributed by atoms with Crippen molar-refractivity contribution in [2.45, 2.75) is 71.9 Å². The Kier molecular flexibility index (Phi) is 7.10. The summed E-state index contributed by atoms with van der Waals surface area (Å²) in [4.78, 5) is 13.2. The van der Waals surface area contributed by atoms with E-state index >= 15 is 0 Å². The number of rotatable bonds is 7. The average Bonchev–Trinajstić information content (AvgIpc) is 2.73. The lowest BCUT2D eigenvalue weighted by molar-refractivity contribution is -0.122. The molecule has 2 atom stereocenters. The molecule has 0 saturated heterocycles. The van der Waals surface area contributed by atoms with Gasteiger partial charge in [0.15, 0.2) is 0 Å². The minimum Gasteiger partial charge on any atom is -0.347 e. The monoisotopic (exact) mass is 442 g/mol. The van der Waals surface area contributed by atoms with Gasteiger partial charge in [-0.1, -0.05) is 37.3 Å². The van der Waals surface area contributed by atoms with Gasteiger partial charge in [-0.2, -0.15) is 0 Å². The normalized spacial score (nSPS) is 15.6. The quantitative estimate of drug-likeness (QED) is 0.681. The van der Waals surface area contributed by atoms with E-state index in [-0.39, 0.29) is 11.9 Å². The summed E-state index contributed by atoms with van der Waals surface area (Å²) in [6.07, 6.45) is 6.53. The van der Waals surface area contributed by atoms with Gasteiger partial charge >= 0.3 is 0 Å². The number of sulfonamides is 1. The molecule has 0 heterocycles. The Labute approximate surface area is 186 Å². The minimum atomic E-state index is -3.65. The van der Waals surface area contributed by atoms with E-state index in [0.29, 0.717) is 5.69 Å². The number of amides is 1. The van der Waals surface area contributed by atoms with Gasteiger partial charge in [0, 0.05) is 0 Å². The lowest BCUT2D eigenvalue weighted by atomic mass is 9.88. The first kappa shape index (κ1) is 23.3. The van der Waals surface area contributed by atoms with Crippen LogP contribution in [-0.4, -0.2) is 26.6 Å². The standard InChI is InChI=1S/C25H34N2O3S/c1-6-23(22-14-13-20-9-7-8-10-21(20)16-22)26-25(28)19(4)27(31(5,29)30)24-15-17(2)11-12-18(24)3/h11-16,19,23H,6-10H2,1-5H3,(H,26,28)/t19-,23-/m0/s1. The zero-order chi connectivity index (χ0) is 22.8. The molecule has 31 heavy (non-hydrogen) atoms. The Hall–Kier alpha value is -2.34. The van der Waals surface area contributed by atoms with Gasteiger partial charge in [-0.15, -0.1) is 0 Å². The third-order valence-corrected chi connectivity index (χ3v) is 7.42. The second-order valence-electron chi connectivity index (χ2n) is 8.73. The van der Waals surface area contributed by atoms with E-state index in [9.17, 15) is 13.2 Å². The first-order valence-electron chi connectivity index (χ1n) is 11.1. The molecule has 1 aliphatic carbocycles. The third-order valence-electron chi connectivity index (χ3n) is 6.19. The van der Waals surface area contributed by atoms with Crippen LogP contribution < -0.4 is 9.62 Å². The summed E-state index contributed by atoms with van der Waals surface area (Å²) in [5.74, 6) is -0.295. The molecular formula is C25H34N2O3S. The fourth-order valence-corrected chi connectivity index (χ4v) is 5.65. The molecule has 0 aromatic heterocycles. The van der Waals surface area contributed by atoms with E-state index < -0.39 is 16.1 Å². The molecule has 6 heteroatoms. The van der Waals surface area contributed by atoms with Crippen LogP contribution in [0.3, 0.4) is 0 Å². The lowest BCUT2D eigenvalue weighted by Crippen LogP contribution is -2.48. The molecule has 0 aliphatic heterocycles. The number of carbonyl (C=O) groups is 1. The summed E-state index contributed by atoms with van der Waals surface area (Å²) < 4.78 is 26.6. The molecule has 3 rings (SSSR count). The summed E-state index contributed by atoms with van der Waals surface area (Å²) in [5.41, 5.74) is 6.17. The molecular weight excluding hydrogens is 408 g/mol. The minimum absolute atomic E-state index is 0.151. The van der Waals surface area contributed by atoms with Crippen LogP contribution in [0.4, 0.5) is 5.69 Å². The van der Waals surface area contributed by atoms with Crippen molar-refractivity contribution >= 4 is 21.6 Å².